The molecule has 7 heteroatoms. The summed E-state index contributed by atoms with van der Waals surface area (Å²) in [5.74, 6) is -0.695. The number of hydrogen-bond donors (Lipinski definition) is 1. The fourth-order valence-electron chi connectivity index (χ4n) is 1.64. The predicted octanol–water partition coefficient (Wildman–Crippen LogP) is 1.20. The van der Waals surface area contributed by atoms with E-state index in [9.17, 15) is 13.2 Å². The Balaban J connectivity index is 2.95. The quantitative estimate of drug-likeness (QED) is 0.892. The second kappa shape index (κ2) is 3.75. The Morgan fingerprint density at radius 1 is 1.41 bits per heavy atom. The van der Waals surface area contributed by atoms with E-state index in [1.54, 1.807) is 6.07 Å². The summed E-state index contributed by atoms with van der Waals surface area (Å²) in [5, 5.41) is 0.835. The molecular formula is C10H9ClN2O3S. The Kier molecular flexibility index (Phi) is 2.63. The number of aromatic nitrogens is 1. The third kappa shape index (κ3) is 2.01. The van der Waals surface area contributed by atoms with Crippen molar-refractivity contribution in [3.05, 3.63) is 35.0 Å². The molecule has 0 spiro atoms. The van der Waals surface area contributed by atoms with E-state index in [1.807, 2.05) is 0 Å². The Morgan fingerprint density at radius 3 is 2.59 bits per heavy atom. The second-order valence-electron chi connectivity index (χ2n) is 3.63. The van der Waals surface area contributed by atoms with Gasteiger partial charge in [0, 0.05) is 16.6 Å². The van der Waals surface area contributed by atoms with Crippen LogP contribution in [0.3, 0.4) is 0 Å². The molecule has 0 unspecified atom stereocenters. The molecule has 0 aliphatic heterocycles. The number of nitrogens with zero attached hydrogens (tertiary/aromatic N) is 1. The maximum atomic E-state index is 11.5. The van der Waals surface area contributed by atoms with E-state index in [0.717, 1.165) is 10.2 Å². The standard InChI is InChI=1S/C10H9ClN2O3S/c1-17(15,16)13-5-8(10(12)14)7-4-6(11)2-3-9(7)13/h2-5H,1H3,(H2,12,14). The van der Waals surface area contributed by atoms with Crippen LogP contribution < -0.4 is 5.73 Å². The van der Waals surface area contributed by atoms with Crippen molar-refractivity contribution in [2.45, 2.75) is 0 Å². The lowest BCUT2D eigenvalue weighted by atomic mass is 10.2. The van der Waals surface area contributed by atoms with Gasteiger partial charge in [-0.05, 0) is 18.2 Å². The van der Waals surface area contributed by atoms with E-state index in [4.69, 9.17) is 17.3 Å². The van der Waals surface area contributed by atoms with Crippen LogP contribution in [0, 0.1) is 0 Å². The summed E-state index contributed by atoms with van der Waals surface area (Å²) in [4.78, 5) is 11.2. The van der Waals surface area contributed by atoms with Gasteiger partial charge in [0.2, 0.25) is 10.0 Å². The maximum Gasteiger partial charge on any atom is 0.250 e. The monoisotopic (exact) mass is 272 g/mol. The van der Waals surface area contributed by atoms with Crippen LogP contribution in [-0.4, -0.2) is 24.6 Å². The maximum absolute atomic E-state index is 11.5. The van der Waals surface area contributed by atoms with Crippen LogP contribution >= 0.6 is 11.6 Å². The summed E-state index contributed by atoms with van der Waals surface area (Å²) < 4.78 is 24.1. The van der Waals surface area contributed by atoms with E-state index in [-0.39, 0.29) is 5.56 Å². The number of carbonyl (C=O) groups is 1. The molecule has 17 heavy (non-hydrogen) atoms. The molecule has 0 saturated carbocycles. The number of nitrogens with two attached hydrogens (primary N) is 1. The number of fused-ring (bicyclic) bond motifs is 1. The summed E-state index contributed by atoms with van der Waals surface area (Å²) in [6.45, 7) is 0. The molecule has 2 N–H and O–H groups in total. The van der Waals surface area contributed by atoms with Crippen molar-refractivity contribution >= 4 is 38.4 Å². The normalized spacial score (nSPS) is 11.9. The van der Waals surface area contributed by atoms with E-state index in [1.165, 1.54) is 18.3 Å². The molecule has 0 bridgehead atoms. The zero-order valence-electron chi connectivity index (χ0n) is 8.84. The van der Waals surface area contributed by atoms with Gasteiger partial charge in [0.15, 0.2) is 0 Å². The molecule has 1 aromatic carbocycles. The lowest BCUT2D eigenvalue weighted by Gasteiger charge is -2.00. The lowest BCUT2D eigenvalue weighted by Crippen LogP contribution is -2.11. The topological polar surface area (TPSA) is 82.2 Å². The number of primary amides is 1. The molecule has 0 saturated heterocycles. The first kappa shape index (κ1) is 11.9. The third-order valence-corrected chi connectivity index (χ3v) is 3.61. The average molecular weight is 273 g/mol. The minimum Gasteiger partial charge on any atom is -0.366 e. The summed E-state index contributed by atoms with van der Waals surface area (Å²) >= 11 is 5.81. The molecular weight excluding hydrogens is 264 g/mol. The van der Waals surface area contributed by atoms with Gasteiger partial charge in [-0.1, -0.05) is 11.6 Å². The summed E-state index contributed by atoms with van der Waals surface area (Å²) in [7, 11) is -3.49. The molecule has 0 aliphatic rings. The SMILES string of the molecule is CS(=O)(=O)n1cc(C(N)=O)c2cc(Cl)ccc21. The van der Waals surface area contributed by atoms with Crippen molar-refractivity contribution in [1.29, 1.82) is 0 Å². The number of halogens is 1. The van der Waals surface area contributed by atoms with Crippen molar-refractivity contribution < 1.29 is 13.2 Å². The smallest absolute Gasteiger partial charge is 0.250 e. The van der Waals surface area contributed by atoms with Crippen molar-refractivity contribution in [2.24, 2.45) is 5.73 Å². The van der Waals surface area contributed by atoms with Gasteiger partial charge in [-0.25, -0.2) is 12.4 Å². The molecule has 0 atom stereocenters. The van der Waals surface area contributed by atoms with Gasteiger partial charge in [0.1, 0.15) is 0 Å². The van der Waals surface area contributed by atoms with E-state index in [2.05, 4.69) is 0 Å². The molecule has 2 rings (SSSR count). The summed E-state index contributed by atoms with van der Waals surface area (Å²) in [5.41, 5.74) is 5.71. The van der Waals surface area contributed by atoms with Gasteiger partial charge >= 0.3 is 0 Å². The highest BCUT2D eigenvalue weighted by atomic mass is 35.5. The fourth-order valence-corrected chi connectivity index (χ4v) is 2.63. The van der Waals surface area contributed by atoms with Gasteiger partial charge in [-0.2, -0.15) is 0 Å². The molecule has 1 aromatic heterocycles. The van der Waals surface area contributed by atoms with Crippen molar-refractivity contribution in [2.75, 3.05) is 6.26 Å². The van der Waals surface area contributed by atoms with Crippen molar-refractivity contribution in [3.8, 4) is 0 Å². The largest absolute Gasteiger partial charge is 0.366 e. The molecule has 90 valence electrons. The Hall–Kier alpha value is -1.53. The third-order valence-electron chi connectivity index (χ3n) is 2.36. The zero-order chi connectivity index (χ0) is 12.8. The molecule has 1 amide bonds. The Morgan fingerprint density at radius 2 is 2.06 bits per heavy atom. The fraction of sp³-hybridized carbons (Fsp3) is 0.100. The molecule has 2 aromatic rings. The van der Waals surface area contributed by atoms with Crippen LogP contribution in [0.5, 0.6) is 0 Å². The van der Waals surface area contributed by atoms with Crippen molar-refractivity contribution in [1.82, 2.24) is 3.97 Å². The highest BCUT2D eigenvalue weighted by Gasteiger charge is 2.17. The molecule has 1 heterocycles. The van der Waals surface area contributed by atoms with Crippen LogP contribution in [-0.2, 0) is 10.0 Å². The minimum atomic E-state index is -3.49. The first-order valence-corrected chi connectivity index (χ1v) is 6.84. The number of benzene rings is 1. The number of hydrogen-bond acceptors (Lipinski definition) is 3. The van der Waals surface area contributed by atoms with E-state index < -0.39 is 15.9 Å². The van der Waals surface area contributed by atoms with Gasteiger partial charge in [-0.15, -0.1) is 0 Å². The van der Waals surface area contributed by atoms with Gasteiger partial charge in [0.25, 0.3) is 5.91 Å². The molecule has 0 aliphatic carbocycles. The average Bonchev–Trinajstić information content (AvgIpc) is 2.55. The van der Waals surface area contributed by atoms with Crippen LogP contribution in [0.15, 0.2) is 24.4 Å². The molecule has 0 radical (unpaired) electrons. The zero-order valence-corrected chi connectivity index (χ0v) is 10.4. The Labute approximate surface area is 103 Å². The van der Waals surface area contributed by atoms with E-state index >= 15 is 0 Å². The molecule has 0 fully saturated rings. The Bertz CT molecular complexity index is 718. The summed E-state index contributed by atoms with van der Waals surface area (Å²) in [6, 6.07) is 4.60. The van der Waals surface area contributed by atoms with Crippen LogP contribution in [0.4, 0.5) is 0 Å². The second-order valence-corrected chi connectivity index (χ2v) is 5.92. The van der Waals surface area contributed by atoms with Crippen LogP contribution in [0.1, 0.15) is 10.4 Å². The van der Waals surface area contributed by atoms with Crippen molar-refractivity contribution in [3.63, 3.8) is 0 Å². The van der Waals surface area contributed by atoms with Gasteiger partial charge in [0.05, 0.1) is 17.3 Å². The van der Waals surface area contributed by atoms with Crippen LogP contribution in [0.2, 0.25) is 5.02 Å². The lowest BCUT2D eigenvalue weighted by molar-refractivity contribution is 0.100. The number of amides is 1. The summed E-state index contributed by atoms with van der Waals surface area (Å²) in [6.07, 6.45) is 2.25. The highest BCUT2D eigenvalue weighted by molar-refractivity contribution is 7.89. The predicted molar refractivity (Wildman–Crippen MR) is 65.7 cm³/mol. The van der Waals surface area contributed by atoms with Gasteiger partial charge < -0.3 is 5.73 Å². The first-order chi connectivity index (χ1) is 7.80. The van der Waals surface area contributed by atoms with E-state index in [0.29, 0.717) is 15.9 Å². The highest BCUT2D eigenvalue weighted by Crippen LogP contribution is 2.25. The minimum absolute atomic E-state index is 0.132. The van der Waals surface area contributed by atoms with Gasteiger partial charge in [-0.3, -0.25) is 4.79 Å². The van der Waals surface area contributed by atoms with Crippen LogP contribution in [0.25, 0.3) is 10.9 Å². The molecule has 5 nitrogen and oxygen atoms in total. The first-order valence-electron chi connectivity index (χ1n) is 4.61. The number of rotatable bonds is 2. The number of carbonyl (C=O) groups excluding carboxylic acids is 1.